The third-order valence-corrected chi connectivity index (χ3v) is 3.05. The average Bonchev–Trinajstić information content (AvgIpc) is 2.65. The second-order valence-corrected chi connectivity index (χ2v) is 4.51. The molecule has 1 aromatic rings. The molecule has 0 atom stereocenters. The molecule has 1 rings (SSSR count). The van der Waals surface area contributed by atoms with Crippen LogP contribution in [0, 0.1) is 0 Å². The van der Waals surface area contributed by atoms with Gasteiger partial charge in [0, 0.05) is 24.5 Å². The van der Waals surface area contributed by atoms with Gasteiger partial charge in [-0.25, -0.2) is 0 Å². The normalized spacial score (nSPS) is 10.6. The number of carbonyl (C=O) groups is 1. The molecule has 0 N–H and O–H groups in total. The molecule has 90 valence electrons. The van der Waals surface area contributed by atoms with E-state index in [1.807, 2.05) is 19.3 Å². The molecule has 0 fully saturated rings. The number of aldehydes is 1. The number of aromatic nitrogens is 1. The Bertz CT molecular complexity index is 315. The maximum Gasteiger partial charge on any atom is 0.151 e. The molecule has 0 bridgehead atoms. The van der Waals surface area contributed by atoms with Gasteiger partial charge in [-0.2, -0.15) is 0 Å². The van der Waals surface area contributed by atoms with Crippen molar-refractivity contribution >= 4 is 6.29 Å². The van der Waals surface area contributed by atoms with Gasteiger partial charge in [0.05, 0.1) is 0 Å². The lowest BCUT2D eigenvalue weighted by Gasteiger charge is -2.03. The second-order valence-electron chi connectivity index (χ2n) is 4.51. The monoisotopic (exact) mass is 221 g/mol. The van der Waals surface area contributed by atoms with Crippen LogP contribution < -0.4 is 0 Å². The Morgan fingerprint density at radius 2 is 1.88 bits per heavy atom. The fourth-order valence-corrected chi connectivity index (χ4v) is 2.04. The van der Waals surface area contributed by atoms with Crippen LogP contribution in [0.5, 0.6) is 0 Å². The molecule has 16 heavy (non-hydrogen) atoms. The molecule has 0 aliphatic heterocycles. The van der Waals surface area contributed by atoms with Crippen molar-refractivity contribution in [2.24, 2.45) is 7.05 Å². The Kier molecular flexibility index (Phi) is 5.91. The molecule has 1 aromatic heterocycles. The molecule has 0 amide bonds. The van der Waals surface area contributed by atoms with E-state index >= 15 is 0 Å². The minimum Gasteiger partial charge on any atom is -0.354 e. The number of aryl methyl sites for hydroxylation is 2. The van der Waals surface area contributed by atoms with Crippen molar-refractivity contribution in [2.75, 3.05) is 0 Å². The smallest absolute Gasteiger partial charge is 0.151 e. The maximum atomic E-state index is 10.6. The molecular formula is C14H23NO. The van der Waals surface area contributed by atoms with Crippen LogP contribution in [0.3, 0.4) is 0 Å². The van der Waals surface area contributed by atoms with E-state index in [0.29, 0.717) is 0 Å². The van der Waals surface area contributed by atoms with Crippen LogP contribution in [0.2, 0.25) is 0 Å². The van der Waals surface area contributed by atoms with E-state index in [0.717, 1.165) is 18.3 Å². The van der Waals surface area contributed by atoms with Gasteiger partial charge in [-0.05, 0) is 18.9 Å². The van der Waals surface area contributed by atoms with Crippen molar-refractivity contribution in [3.8, 4) is 0 Å². The minimum atomic E-state index is 0.795. The lowest BCUT2D eigenvalue weighted by Crippen LogP contribution is -1.94. The summed E-state index contributed by atoms with van der Waals surface area (Å²) in [5.74, 6) is 0. The fraction of sp³-hybridized carbons (Fsp3) is 0.643. The van der Waals surface area contributed by atoms with Gasteiger partial charge < -0.3 is 4.57 Å². The number of hydrogen-bond acceptors (Lipinski definition) is 1. The first kappa shape index (κ1) is 13.0. The van der Waals surface area contributed by atoms with Gasteiger partial charge in [-0.1, -0.05) is 39.0 Å². The summed E-state index contributed by atoms with van der Waals surface area (Å²) in [4.78, 5) is 10.6. The Labute approximate surface area is 98.7 Å². The van der Waals surface area contributed by atoms with Gasteiger partial charge in [0.1, 0.15) is 0 Å². The van der Waals surface area contributed by atoms with Crippen LogP contribution >= 0.6 is 0 Å². The zero-order valence-corrected chi connectivity index (χ0v) is 10.5. The third kappa shape index (κ3) is 4.21. The highest BCUT2D eigenvalue weighted by molar-refractivity contribution is 5.74. The van der Waals surface area contributed by atoms with Crippen molar-refractivity contribution in [1.29, 1.82) is 0 Å². The highest BCUT2D eigenvalue weighted by Crippen LogP contribution is 2.11. The maximum absolute atomic E-state index is 10.6. The first-order valence-corrected chi connectivity index (χ1v) is 6.38. The number of nitrogens with zero attached hydrogens (tertiary/aromatic N) is 1. The van der Waals surface area contributed by atoms with Gasteiger partial charge in [0.2, 0.25) is 0 Å². The molecular weight excluding hydrogens is 198 g/mol. The van der Waals surface area contributed by atoms with E-state index in [-0.39, 0.29) is 0 Å². The summed E-state index contributed by atoms with van der Waals surface area (Å²) in [5, 5.41) is 0. The van der Waals surface area contributed by atoms with E-state index < -0.39 is 0 Å². The molecule has 0 aliphatic rings. The molecule has 0 aromatic carbocycles. The van der Waals surface area contributed by atoms with E-state index in [2.05, 4.69) is 11.5 Å². The van der Waals surface area contributed by atoms with E-state index in [4.69, 9.17) is 0 Å². The van der Waals surface area contributed by atoms with Crippen molar-refractivity contribution in [1.82, 2.24) is 4.57 Å². The predicted octanol–water partition coefficient (Wildman–Crippen LogP) is 3.74. The predicted molar refractivity (Wildman–Crippen MR) is 67.9 cm³/mol. The molecule has 2 heteroatoms. The number of carbonyl (C=O) groups excluding carboxylic acids is 1. The summed E-state index contributed by atoms with van der Waals surface area (Å²) < 4.78 is 2.07. The summed E-state index contributed by atoms with van der Waals surface area (Å²) in [7, 11) is 2.01. The number of rotatable bonds is 8. The van der Waals surface area contributed by atoms with Gasteiger partial charge in [0.15, 0.2) is 6.29 Å². The van der Waals surface area contributed by atoms with Crippen molar-refractivity contribution in [3.63, 3.8) is 0 Å². The zero-order chi connectivity index (χ0) is 11.8. The lowest BCUT2D eigenvalue weighted by molar-refractivity contribution is 0.112. The summed E-state index contributed by atoms with van der Waals surface area (Å²) in [5.41, 5.74) is 2.07. The Morgan fingerprint density at radius 1 is 1.19 bits per heavy atom. The van der Waals surface area contributed by atoms with Crippen molar-refractivity contribution in [2.45, 2.75) is 51.9 Å². The van der Waals surface area contributed by atoms with Gasteiger partial charge in [-0.3, -0.25) is 4.79 Å². The van der Waals surface area contributed by atoms with Crippen LogP contribution in [-0.2, 0) is 13.5 Å². The summed E-state index contributed by atoms with van der Waals surface area (Å²) in [6.07, 6.45) is 11.8. The molecule has 0 unspecified atom stereocenters. The van der Waals surface area contributed by atoms with Crippen molar-refractivity contribution in [3.05, 3.63) is 23.5 Å². The molecule has 0 aliphatic carbocycles. The number of hydrogen-bond donors (Lipinski definition) is 0. The summed E-state index contributed by atoms with van der Waals surface area (Å²) >= 11 is 0. The zero-order valence-electron chi connectivity index (χ0n) is 10.5. The highest BCUT2D eigenvalue weighted by atomic mass is 16.1. The topological polar surface area (TPSA) is 22.0 Å². The Balaban J connectivity index is 2.21. The fourth-order valence-electron chi connectivity index (χ4n) is 2.04. The van der Waals surface area contributed by atoms with Crippen LogP contribution in [0.25, 0.3) is 0 Å². The molecule has 0 saturated heterocycles. The highest BCUT2D eigenvalue weighted by Gasteiger charge is 2.01. The first-order chi connectivity index (χ1) is 7.77. The van der Waals surface area contributed by atoms with Crippen LogP contribution in [0.15, 0.2) is 12.3 Å². The standard InChI is InChI=1S/C14H23NO/c1-3-4-5-6-7-8-9-14-10-13(12-16)11-15(14)2/h10-12H,3-9H2,1-2H3. The largest absolute Gasteiger partial charge is 0.354 e. The van der Waals surface area contributed by atoms with Crippen LogP contribution in [0.1, 0.15) is 61.5 Å². The Hall–Kier alpha value is -1.05. The quantitative estimate of drug-likeness (QED) is 0.484. The average molecular weight is 221 g/mol. The van der Waals surface area contributed by atoms with Crippen LogP contribution in [0.4, 0.5) is 0 Å². The van der Waals surface area contributed by atoms with Gasteiger partial charge in [-0.15, -0.1) is 0 Å². The molecule has 0 radical (unpaired) electrons. The third-order valence-electron chi connectivity index (χ3n) is 3.05. The first-order valence-electron chi connectivity index (χ1n) is 6.38. The Morgan fingerprint density at radius 3 is 2.50 bits per heavy atom. The van der Waals surface area contributed by atoms with Crippen molar-refractivity contribution < 1.29 is 4.79 Å². The SMILES string of the molecule is CCCCCCCCc1cc(C=O)cn1C. The van der Waals surface area contributed by atoms with E-state index in [1.165, 1.54) is 44.2 Å². The summed E-state index contributed by atoms with van der Waals surface area (Å²) in [6.45, 7) is 2.24. The molecule has 0 saturated carbocycles. The van der Waals surface area contributed by atoms with Crippen LogP contribution in [-0.4, -0.2) is 10.9 Å². The molecule has 0 spiro atoms. The molecule has 1 heterocycles. The minimum absolute atomic E-state index is 0.795. The summed E-state index contributed by atoms with van der Waals surface area (Å²) in [6, 6.07) is 2.00. The molecule has 2 nitrogen and oxygen atoms in total. The van der Waals surface area contributed by atoms with Gasteiger partial charge in [0.25, 0.3) is 0 Å². The second kappa shape index (κ2) is 7.26. The van der Waals surface area contributed by atoms with E-state index in [1.54, 1.807) is 0 Å². The lowest BCUT2D eigenvalue weighted by atomic mass is 10.1. The van der Waals surface area contributed by atoms with E-state index in [9.17, 15) is 4.79 Å². The van der Waals surface area contributed by atoms with Gasteiger partial charge >= 0.3 is 0 Å². The number of unbranched alkanes of at least 4 members (excludes halogenated alkanes) is 5.